The van der Waals surface area contributed by atoms with Gasteiger partial charge < -0.3 is 4.74 Å². The molecule has 0 atom stereocenters. The van der Waals surface area contributed by atoms with Crippen molar-refractivity contribution in [2.75, 3.05) is 12.0 Å². The lowest BCUT2D eigenvalue weighted by atomic mass is 9.96. The number of carbonyl (C=O) groups is 3. The maximum Gasteiger partial charge on any atom is 0.317 e. The molecule has 1 amide bonds. The molecular formula is C25H24N2O4. The van der Waals surface area contributed by atoms with Crippen molar-refractivity contribution in [1.82, 2.24) is 4.68 Å². The van der Waals surface area contributed by atoms with Crippen LogP contribution in [-0.2, 0) is 14.9 Å². The van der Waals surface area contributed by atoms with E-state index in [4.69, 9.17) is 4.74 Å². The number of aromatic nitrogens is 1. The van der Waals surface area contributed by atoms with Gasteiger partial charge in [0.2, 0.25) is 5.78 Å². The average molecular weight is 416 g/mol. The monoisotopic (exact) mass is 416 g/mol. The number of aryl methyl sites for hydroxylation is 1. The summed E-state index contributed by atoms with van der Waals surface area (Å²) in [5, 5.41) is 0. The maximum absolute atomic E-state index is 12.8. The molecule has 1 aromatic heterocycles. The van der Waals surface area contributed by atoms with E-state index >= 15 is 0 Å². The van der Waals surface area contributed by atoms with Crippen LogP contribution in [0.15, 0.2) is 66.7 Å². The fraction of sp³-hybridized carbons (Fsp3) is 0.240. The van der Waals surface area contributed by atoms with Crippen LogP contribution in [0.3, 0.4) is 0 Å². The molecule has 0 saturated heterocycles. The van der Waals surface area contributed by atoms with Crippen LogP contribution in [0.25, 0.3) is 0 Å². The number of benzene rings is 2. The van der Waals surface area contributed by atoms with Crippen LogP contribution < -0.4 is 5.43 Å². The van der Waals surface area contributed by atoms with Crippen molar-refractivity contribution in [3.8, 4) is 0 Å². The lowest BCUT2D eigenvalue weighted by molar-refractivity contribution is -0.145. The Labute approximate surface area is 180 Å². The van der Waals surface area contributed by atoms with Gasteiger partial charge in [-0.15, -0.1) is 0 Å². The second-order valence-corrected chi connectivity index (χ2v) is 7.87. The minimum Gasteiger partial charge on any atom is -0.457 e. The van der Waals surface area contributed by atoms with Crippen molar-refractivity contribution in [2.45, 2.75) is 32.1 Å². The summed E-state index contributed by atoms with van der Waals surface area (Å²) >= 11 is 0. The largest absolute Gasteiger partial charge is 0.457 e. The molecule has 0 radical (unpaired) electrons. The zero-order chi connectivity index (χ0) is 22.0. The minimum atomic E-state index is -0.623. The minimum absolute atomic E-state index is 0.272. The van der Waals surface area contributed by atoms with E-state index in [1.54, 1.807) is 48.9 Å². The number of Topliss-reactive ketones (excluding diaryl/α,β-unsaturated/α-hetero) is 1. The first-order chi connectivity index (χ1) is 14.9. The Kier molecular flexibility index (Phi) is 5.46. The first kappa shape index (κ1) is 20.6. The van der Waals surface area contributed by atoms with Crippen LogP contribution in [-0.4, -0.2) is 28.9 Å². The third kappa shape index (κ3) is 4.01. The Morgan fingerprint density at radius 3 is 2.19 bits per heavy atom. The quantitative estimate of drug-likeness (QED) is 0.467. The second-order valence-electron chi connectivity index (χ2n) is 7.87. The predicted octanol–water partition coefficient (Wildman–Crippen LogP) is 3.95. The molecule has 0 aliphatic heterocycles. The van der Waals surface area contributed by atoms with Gasteiger partial charge in [-0.3, -0.25) is 24.5 Å². The van der Waals surface area contributed by atoms with Gasteiger partial charge in [-0.25, -0.2) is 0 Å². The number of hydrogen-bond acceptors (Lipinski definition) is 4. The zero-order valence-corrected chi connectivity index (χ0v) is 17.6. The first-order valence-corrected chi connectivity index (χ1v) is 10.2. The van der Waals surface area contributed by atoms with Gasteiger partial charge in [-0.05, 0) is 50.5 Å². The van der Waals surface area contributed by atoms with Crippen LogP contribution in [0, 0.1) is 13.8 Å². The van der Waals surface area contributed by atoms with Crippen molar-refractivity contribution in [3.05, 3.63) is 94.8 Å². The molecule has 3 aromatic rings. The van der Waals surface area contributed by atoms with Gasteiger partial charge >= 0.3 is 5.97 Å². The summed E-state index contributed by atoms with van der Waals surface area (Å²) in [6.07, 6.45) is 1.45. The first-order valence-electron chi connectivity index (χ1n) is 10.2. The van der Waals surface area contributed by atoms with E-state index in [1.165, 1.54) is 0 Å². The third-order valence-electron chi connectivity index (χ3n) is 5.78. The number of amides is 1. The van der Waals surface area contributed by atoms with E-state index in [0.717, 1.165) is 18.4 Å². The topological polar surface area (TPSA) is 77.4 Å². The van der Waals surface area contributed by atoms with Gasteiger partial charge in [-0.1, -0.05) is 48.5 Å². The van der Waals surface area contributed by atoms with E-state index in [1.807, 2.05) is 36.4 Å². The molecular weight excluding hydrogens is 392 g/mol. The van der Waals surface area contributed by atoms with Gasteiger partial charge in [-0.2, -0.15) is 0 Å². The van der Waals surface area contributed by atoms with E-state index in [9.17, 15) is 14.4 Å². The fourth-order valence-electron chi connectivity index (χ4n) is 3.81. The number of hydrogen-bond donors (Lipinski definition) is 1. The molecule has 4 rings (SSSR count). The van der Waals surface area contributed by atoms with Gasteiger partial charge in [0, 0.05) is 22.5 Å². The van der Waals surface area contributed by atoms with Crippen molar-refractivity contribution >= 4 is 17.7 Å². The Bertz CT molecular complexity index is 1130. The highest BCUT2D eigenvalue weighted by Crippen LogP contribution is 2.49. The highest BCUT2D eigenvalue weighted by Gasteiger charge is 2.52. The number of nitrogens with zero attached hydrogens (tertiary/aromatic N) is 1. The highest BCUT2D eigenvalue weighted by atomic mass is 16.5. The molecule has 1 fully saturated rings. The van der Waals surface area contributed by atoms with Crippen LogP contribution in [0.4, 0.5) is 0 Å². The molecule has 1 aliphatic carbocycles. The summed E-state index contributed by atoms with van der Waals surface area (Å²) in [7, 11) is 0. The fourth-order valence-corrected chi connectivity index (χ4v) is 3.81. The highest BCUT2D eigenvalue weighted by molar-refractivity contribution is 6.02. The Morgan fingerprint density at radius 2 is 1.58 bits per heavy atom. The van der Waals surface area contributed by atoms with Gasteiger partial charge in [0.15, 0.2) is 6.61 Å². The SMILES string of the molecule is Cc1cc(C(=O)COC(=O)C2(c3ccccc3)CC2)c(C)n1NC(=O)c1ccccc1. The molecule has 1 heterocycles. The van der Waals surface area contributed by atoms with Crippen molar-refractivity contribution in [2.24, 2.45) is 0 Å². The average Bonchev–Trinajstić information content (AvgIpc) is 3.57. The van der Waals surface area contributed by atoms with E-state index < -0.39 is 5.41 Å². The van der Waals surface area contributed by atoms with Gasteiger partial charge in [0.25, 0.3) is 5.91 Å². The normalized spacial score (nSPS) is 14.0. The zero-order valence-electron chi connectivity index (χ0n) is 17.6. The smallest absolute Gasteiger partial charge is 0.317 e. The van der Waals surface area contributed by atoms with E-state index in [0.29, 0.717) is 22.5 Å². The van der Waals surface area contributed by atoms with E-state index in [2.05, 4.69) is 5.43 Å². The number of rotatable bonds is 7. The van der Waals surface area contributed by atoms with Crippen LogP contribution in [0.5, 0.6) is 0 Å². The van der Waals surface area contributed by atoms with Gasteiger partial charge in [0.05, 0.1) is 5.41 Å². The number of nitrogens with one attached hydrogen (secondary N) is 1. The second kappa shape index (κ2) is 8.22. The molecule has 0 bridgehead atoms. The molecule has 1 aliphatic rings. The van der Waals surface area contributed by atoms with Crippen LogP contribution in [0.2, 0.25) is 0 Å². The van der Waals surface area contributed by atoms with Crippen molar-refractivity contribution < 1.29 is 19.1 Å². The Hall–Kier alpha value is -3.67. The van der Waals surface area contributed by atoms with Crippen molar-refractivity contribution in [1.29, 1.82) is 0 Å². The number of esters is 1. The molecule has 6 nitrogen and oxygen atoms in total. The summed E-state index contributed by atoms with van der Waals surface area (Å²) in [4.78, 5) is 37.9. The molecule has 0 unspecified atom stereocenters. The lowest BCUT2D eigenvalue weighted by Gasteiger charge is -2.14. The summed E-state index contributed by atoms with van der Waals surface area (Å²) in [6, 6.07) is 20.1. The Morgan fingerprint density at radius 1 is 0.968 bits per heavy atom. The van der Waals surface area contributed by atoms with Crippen LogP contribution >= 0.6 is 0 Å². The molecule has 1 saturated carbocycles. The number of carbonyl (C=O) groups excluding carboxylic acids is 3. The number of ether oxygens (including phenoxy) is 1. The molecule has 0 spiro atoms. The predicted molar refractivity (Wildman–Crippen MR) is 117 cm³/mol. The maximum atomic E-state index is 12.8. The van der Waals surface area contributed by atoms with Crippen molar-refractivity contribution in [3.63, 3.8) is 0 Å². The molecule has 2 aromatic carbocycles. The lowest BCUT2D eigenvalue weighted by Crippen LogP contribution is -2.26. The summed E-state index contributed by atoms with van der Waals surface area (Å²) in [5.74, 6) is -0.935. The summed E-state index contributed by atoms with van der Waals surface area (Å²) in [6.45, 7) is 3.22. The van der Waals surface area contributed by atoms with Gasteiger partial charge in [0.1, 0.15) is 0 Å². The third-order valence-corrected chi connectivity index (χ3v) is 5.78. The summed E-state index contributed by atoms with van der Waals surface area (Å²) in [5.41, 5.74) is 5.35. The van der Waals surface area contributed by atoms with E-state index in [-0.39, 0.29) is 24.3 Å². The standard InChI is InChI=1S/C25H24N2O4/c1-17-15-21(18(2)27(17)26-23(29)19-9-5-3-6-10-19)22(28)16-31-24(30)25(13-14-25)20-11-7-4-8-12-20/h3-12,15H,13-14,16H2,1-2H3,(H,26,29). The molecule has 31 heavy (non-hydrogen) atoms. The Balaban J connectivity index is 1.43. The number of ketones is 1. The van der Waals surface area contributed by atoms with Crippen LogP contribution in [0.1, 0.15) is 50.5 Å². The molecule has 158 valence electrons. The summed E-state index contributed by atoms with van der Waals surface area (Å²) < 4.78 is 6.99. The molecule has 1 N–H and O–H groups in total. The molecule has 6 heteroatoms.